The third-order valence-electron chi connectivity index (χ3n) is 6.82. The molecule has 0 atom stereocenters. The van der Waals surface area contributed by atoms with Crippen LogP contribution in [0.25, 0.3) is 11.0 Å². The number of hydrogen-bond acceptors (Lipinski definition) is 6. The molecule has 0 aliphatic carbocycles. The third kappa shape index (κ3) is 6.09. The smallest absolute Gasteiger partial charge is 0.339 e. The summed E-state index contributed by atoms with van der Waals surface area (Å²) in [4.78, 5) is 27.8. The maximum Gasteiger partial charge on any atom is 0.339 e. The molecule has 0 bridgehead atoms. The number of rotatable bonds is 8. The molecule has 6 nitrogen and oxygen atoms in total. The number of piperidine rings is 1. The second-order valence-electron chi connectivity index (χ2n) is 9.74. The van der Waals surface area contributed by atoms with Crippen LogP contribution >= 0.6 is 0 Å². The van der Waals surface area contributed by atoms with Gasteiger partial charge in [-0.3, -0.25) is 4.79 Å². The lowest BCUT2D eigenvalue weighted by Crippen LogP contribution is -2.35. The van der Waals surface area contributed by atoms with Crippen molar-refractivity contribution < 1.29 is 18.7 Å². The number of para-hydroxylation sites is 1. The van der Waals surface area contributed by atoms with Crippen molar-refractivity contribution in [3.8, 4) is 17.2 Å². The molecule has 1 fully saturated rings. The van der Waals surface area contributed by atoms with E-state index in [1.807, 2.05) is 73.7 Å². The highest BCUT2D eigenvalue weighted by atomic mass is 16.5. The number of ketones is 1. The molecule has 1 aliphatic heterocycles. The summed E-state index contributed by atoms with van der Waals surface area (Å²) < 4.78 is 17.7. The molecule has 190 valence electrons. The summed E-state index contributed by atoms with van der Waals surface area (Å²) in [6.07, 6.45) is 2.36. The van der Waals surface area contributed by atoms with Crippen molar-refractivity contribution in [2.24, 2.45) is 0 Å². The predicted octanol–water partition coefficient (Wildman–Crippen LogP) is 5.72. The molecule has 0 radical (unpaired) electrons. The van der Waals surface area contributed by atoms with Crippen LogP contribution in [-0.2, 0) is 17.6 Å². The highest BCUT2D eigenvalue weighted by Crippen LogP contribution is 2.29. The average molecular weight is 498 g/mol. The number of likely N-dealkylation sites (tertiary alicyclic amines) is 1. The first kappa shape index (κ1) is 24.8. The Balaban J connectivity index is 1.24. The molecule has 0 spiro atoms. The van der Waals surface area contributed by atoms with Gasteiger partial charge in [-0.05, 0) is 74.8 Å². The van der Waals surface area contributed by atoms with Crippen LogP contribution in [0, 0.1) is 6.92 Å². The van der Waals surface area contributed by atoms with E-state index in [0.717, 1.165) is 53.9 Å². The van der Waals surface area contributed by atoms with Crippen molar-refractivity contribution in [1.29, 1.82) is 0 Å². The van der Waals surface area contributed by atoms with Crippen molar-refractivity contribution in [2.45, 2.75) is 38.7 Å². The Morgan fingerprint density at radius 2 is 1.65 bits per heavy atom. The number of fused-ring (bicyclic) bond motifs is 1. The molecule has 1 aromatic heterocycles. The van der Waals surface area contributed by atoms with Crippen LogP contribution in [0.1, 0.15) is 29.5 Å². The zero-order valence-electron chi connectivity index (χ0n) is 21.2. The van der Waals surface area contributed by atoms with Gasteiger partial charge in [0.1, 0.15) is 34.7 Å². The summed E-state index contributed by atoms with van der Waals surface area (Å²) >= 11 is 0. The van der Waals surface area contributed by atoms with Gasteiger partial charge >= 0.3 is 5.63 Å². The van der Waals surface area contributed by atoms with Crippen LogP contribution in [0.3, 0.4) is 0 Å². The molecule has 0 unspecified atom stereocenters. The Morgan fingerprint density at radius 1 is 0.946 bits per heavy atom. The van der Waals surface area contributed by atoms with E-state index in [-0.39, 0.29) is 24.7 Å². The molecule has 0 amide bonds. The molecule has 4 aromatic rings. The summed E-state index contributed by atoms with van der Waals surface area (Å²) in [6, 6.07) is 22.5. The minimum Gasteiger partial charge on any atom is -0.490 e. The van der Waals surface area contributed by atoms with E-state index >= 15 is 0 Å². The van der Waals surface area contributed by atoms with E-state index in [9.17, 15) is 9.59 Å². The predicted molar refractivity (Wildman–Crippen MR) is 144 cm³/mol. The van der Waals surface area contributed by atoms with Gasteiger partial charge in [0.05, 0.1) is 0 Å². The van der Waals surface area contributed by atoms with Gasteiger partial charge in [0.15, 0.2) is 0 Å². The van der Waals surface area contributed by atoms with E-state index in [0.29, 0.717) is 16.9 Å². The van der Waals surface area contributed by atoms with Crippen molar-refractivity contribution in [3.05, 3.63) is 99.9 Å². The monoisotopic (exact) mass is 497 g/mol. The lowest BCUT2D eigenvalue weighted by atomic mass is 10.0. The molecule has 1 saturated heterocycles. The summed E-state index contributed by atoms with van der Waals surface area (Å²) in [5.74, 6) is 2.15. The number of carbonyl (C=O) groups is 1. The number of hydrogen-bond donors (Lipinski definition) is 0. The average Bonchev–Trinajstić information content (AvgIpc) is 2.90. The fourth-order valence-corrected chi connectivity index (χ4v) is 4.68. The van der Waals surface area contributed by atoms with Crippen molar-refractivity contribution >= 4 is 16.8 Å². The van der Waals surface area contributed by atoms with E-state index in [1.165, 1.54) is 0 Å². The van der Waals surface area contributed by atoms with E-state index < -0.39 is 5.63 Å². The lowest BCUT2D eigenvalue weighted by Gasteiger charge is -2.29. The number of ether oxygens (including phenoxy) is 2. The fourth-order valence-electron chi connectivity index (χ4n) is 4.68. The number of Topliss-reactive ketones (excluding diaryl/α,β-unsaturated/α-hetero) is 1. The SMILES string of the molecule is Cc1c(OC2CCN(C)CC2)ccc2cc(CC(=O)Cc3ccc(Oc4ccccc4)cc3)c(=O)oc12. The fraction of sp³-hybridized carbons (Fsp3) is 0.290. The first-order chi connectivity index (χ1) is 17.9. The molecule has 1 aliphatic rings. The maximum atomic E-state index is 12.8. The first-order valence-electron chi connectivity index (χ1n) is 12.7. The topological polar surface area (TPSA) is 69.0 Å². The summed E-state index contributed by atoms with van der Waals surface area (Å²) in [7, 11) is 2.12. The van der Waals surface area contributed by atoms with Crippen molar-refractivity contribution in [2.75, 3.05) is 20.1 Å². The molecule has 2 heterocycles. The highest BCUT2D eigenvalue weighted by molar-refractivity contribution is 5.86. The highest BCUT2D eigenvalue weighted by Gasteiger charge is 2.20. The molecule has 0 N–H and O–H groups in total. The molecular formula is C31H31NO5. The normalized spacial score (nSPS) is 14.5. The third-order valence-corrected chi connectivity index (χ3v) is 6.82. The molecular weight excluding hydrogens is 466 g/mol. The maximum absolute atomic E-state index is 12.8. The Kier molecular flexibility index (Phi) is 7.37. The van der Waals surface area contributed by atoms with Gasteiger partial charge in [-0.15, -0.1) is 0 Å². The van der Waals surface area contributed by atoms with Gasteiger partial charge in [-0.2, -0.15) is 0 Å². The molecule has 37 heavy (non-hydrogen) atoms. The van der Waals surface area contributed by atoms with E-state index in [2.05, 4.69) is 11.9 Å². The molecule has 5 rings (SSSR count). The Hall–Kier alpha value is -3.90. The number of benzene rings is 3. The largest absolute Gasteiger partial charge is 0.490 e. The zero-order valence-corrected chi connectivity index (χ0v) is 21.2. The van der Waals surface area contributed by atoms with Crippen LogP contribution in [0.15, 0.2) is 82.0 Å². The minimum atomic E-state index is -0.480. The second kappa shape index (κ2) is 11.0. The van der Waals surface area contributed by atoms with Crippen LogP contribution in [0.2, 0.25) is 0 Å². The summed E-state index contributed by atoms with van der Waals surface area (Å²) in [6.45, 7) is 3.93. The summed E-state index contributed by atoms with van der Waals surface area (Å²) in [5, 5.41) is 0.790. The van der Waals surface area contributed by atoms with Gasteiger partial charge in [-0.1, -0.05) is 30.3 Å². The van der Waals surface area contributed by atoms with E-state index in [4.69, 9.17) is 13.9 Å². The zero-order chi connectivity index (χ0) is 25.8. The Labute approximate surface area is 216 Å². The quantitative estimate of drug-likeness (QED) is 0.290. The van der Waals surface area contributed by atoms with Crippen LogP contribution < -0.4 is 15.1 Å². The second-order valence-corrected chi connectivity index (χ2v) is 9.74. The van der Waals surface area contributed by atoms with Gasteiger partial charge < -0.3 is 18.8 Å². The van der Waals surface area contributed by atoms with Crippen molar-refractivity contribution in [1.82, 2.24) is 4.90 Å². The number of nitrogens with zero attached hydrogens (tertiary/aromatic N) is 1. The Morgan fingerprint density at radius 3 is 2.38 bits per heavy atom. The standard InChI is InChI=1S/C31H31NO5/c1-21-29(36-28-14-16-32(2)17-15-28)13-10-23-19-24(31(34)37-30(21)23)20-25(33)18-22-8-11-27(12-9-22)35-26-6-4-3-5-7-26/h3-13,19,28H,14-18,20H2,1-2H3. The van der Waals surface area contributed by atoms with Crippen molar-refractivity contribution in [3.63, 3.8) is 0 Å². The Bertz CT molecular complexity index is 1430. The molecule has 0 saturated carbocycles. The van der Waals surface area contributed by atoms with E-state index in [1.54, 1.807) is 6.07 Å². The van der Waals surface area contributed by atoms with Gasteiger partial charge in [0.25, 0.3) is 0 Å². The molecule has 3 aromatic carbocycles. The molecule has 6 heteroatoms. The number of aryl methyl sites for hydroxylation is 1. The first-order valence-corrected chi connectivity index (χ1v) is 12.7. The van der Waals surface area contributed by atoms with Crippen LogP contribution in [-0.4, -0.2) is 36.9 Å². The summed E-state index contributed by atoms with van der Waals surface area (Å²) in [5.41, 5.74) is 2.07. The van der Waals surface area contributed by atoms with Gasteiger partial charge in [0.2, 0.25) is 0 Å². The lowest BCUT2D eigenvalue weighted by molar-refractivity contribution is -0.117. The minimum absolute atomic E-state index is 0.0213. The van der Waals surface area contributed by atoms with Gasteiger partial charge in [0, 0.05) is 42.4 Å². The number of carbonyl (C=O) groups excluding carboxylic acids is 1. The van der Waals surface area contributed by atoms with Gasteiger partial charge in [-0.25, -0.2) is 4.79 Å². The van der Waals surface area contributed by atoms with Crippen LogP contribution in [0.5, 0.6) is 17.2 Å². The van der Waals surface area contributed by atoms with Crippen LogP contribution in [0.4, 0.5) is 0 Å².